The third-order valence-electron chi connectivity index (χ3n) is 1.89. The van der Waals surface area contributed by atoms with E-state index < -0.39 is 18.8 Å². The lowest BCUT2D eigenvalue weighted by molar-refractivity contribution is -0.275. The molecule has 0 aliphatic carbocycles. The molecule has 1 aromatic rings. The summed E-state index contributed by atoms with van der Waals surface area (Å²) in [6, 6.07) is 2.88. The van der Waals surface area contributed by atoms with Gasteiger partial charge in [-0.25, -0.2) is 4.39 Å². The summed E-state index contributed by atoms with van der Waals surface area (Å²) in [7, 11) is 0. The maximum Gasteiger partial charge on any atom is 0.573 e. The number of ether oxygens (including phenoxy) is 1. The molecule has 0 radical (unpaired) electrons. The molecule has 0 unspecified atom stereocenters. The van der Waals surface area contributed by atoms with Crippen LogP contribution < -0.4 is 4.74 Å². The van der Waals surface area contributed by atoms with Crippen molar-refractivity contribution in [2.45, 2.75) is 26.4 Å². The molecule has 0 N–H and O–H groups in total. The topological polar surface area (TPSA) is 45.9 Å². The molecule has 7 heteroatoms. The lowest BCUT2D eigenvalue weighted by Gasteiger charge is -2.14. The average molecular weight is 248 g/mol. The number of pyridine rings is 1. The van der Waals surface area contributed by atoms with Gasteiger partial charge in [-0.3, -0.25) is 4.98 Å². The lowest BCUT2D eigenvalue weighted by Crippen LogP contribution is -2.19. The molecule has 0 amide bonds. The van der Waals surface area contributed by atoms with Gasteiger partial charge in [0.25, 0.3) is 0 Å². The minimum atomic E-state index is -4.90. The number of rotatable bonds is 3. The highest BCUT2D eigenvalue weighted by atomic mass is 19.4. The first-order chi connectivity index (χ1) is 7.87. The SMILES string of the molecule is Cc1nc(CC#N)cc(CF)c1OC(F)(F)F. The van der Waals surface area contributed by atoms with Crippen LogP contribution >= 0.6 is 0 Å². The minimum absolute atomic E-state index is 0.0947. The molecule has 1 aromatic heterocycles. The fourth-order valence-corrected chi connectivity index (χ4v) is 1.32. The summed E-state index contributed by atoms with van der Waals surface area (Å²) in [4.78, 5) is 3.74. The predicted octanol–water partition coefficient (Wildman–Crippen LogP) is 2.82. The highest BCUT2D eigenvalue weighted by Crippen LogP contribution is 2.30. The first kappa shape index (κ1) is 13.2. The molecular weight excluding hydrogens is 240 g/mol. The van der Waals surface area contributed by atoms with E-state index >= 15 is 0 Å². The van der Waals surface area contributed by atoms with Crippen LogP contribution in [0.15, 0.2) is 6.07 Å². The molecule has 0 saturated heterocycles. The fourth-order valence-electron chi connectivity index (χ4n) is 1.32. The van der Waals surface area contributed by atoms with E-state index in [9.17, 15) is 17.6 Å². The lowest BCUT2D eigenvalue weighted by atomic mass is 10.1. The van der Waals surface area contributed by atoms with E-state index in [2.05, 4.69) is 9.72 Å². The van der Waals surface area contributed by atoms with E-state index in [1.54, 1.807) is 6.07 Å². The van der Waals surface area contributed by atoms with Gasteiger partial charge >= 0.3 is 6.36 Å². The van der Waals surface area contributed by atoms with Crippen molar-refractivity contribution in [3.63, 3.8) is 0 Å². The number of aryl methyl sites for hydroxylation is 1. The third kappa shape index (κ3) is 3.59. The van der Waals surface area contributed by atoms with E-state index in [-0.39, 0.29) is 23.4 Å². The van der Waals surface area contributed by atoms with Gasteiger partial charge in [-0.15, -0.1) is 13.2 Å². The number of hydrogen-bond acceptors (Lipinski definition) is 3. The van der Waals surface area contributed by atoms with Crippen molar-refractivity contribution < 1.29 is 22.3 Å². The van der Waals surface area contributed by atoms with Crippen LogP contribution in [0, 0.1) is 18.3 Å². The Hall–Kier alpha value is -1.84. The van der Waals surface area contributed by atoms with Crippen molar-refractivity contribution in [3.8, 4) is 11.8 Å². The highest BCUT2D eigenvalue weighted by Gasteiger charge is 2.33. The highest BCUT2D eigenvalue weighted by molar-refractivity contribution is 5.38. The molecule has 0 aliphatic heterocycles. The van der Waals surface area contributed by atoms with E-state index in [1.165, 1.54) is 6.92 Å². The van der Waals surface area contributed by atoms with Gasteiger partial charge in [-0.1, -0.05) is 0 Å². The predicted molar refractivity (Wildman–Crippen MR) is 49.8 cm³/mol. The van der Waals surface area contributed by atoms with Crippen molar-refractivity contribution in [1.82, 2.24) is 4.98 Å². The maximum absolute atomic E-state index is 12.6. The minimum Gasteiger partial charge on any atom is -0.403 e. The van der Waals surface area contributed by atoms with Gasteiger partial charge in [-0.2, -0.15) is 5.26 Å². The Balaban J connectivity index is 3.17. The molecule has 0 fully saturated rings. The van der Waals surface area contributed by atoms with Crippen molar-refractivity contribution in [1.29, 1.82) is 5.26 Å². The Morgan fingerprint density at radius 3 is 2.59 bits per heavy atom. The summed E-state index contributed by atoms with van der Waals surface area (Å²) in [5.74, 6) is -0.637. The van der Waals surface area contributed by atoms with Crippen LogP contribution in [0.5, 0.6) is 5.75 Å². The van der Waals surface area contributed by atoms with E-state index in [4.69, 9.17) is 5.26 Å². The first-order valence-corrected chi connectivity index (χ1v) is 4.55. The van der Waals surface area contributed by atoms with Crippen LogP contribution in [0.3, 0.4) is 0 Å². The summed E-state index contributed by atoms with van der Waals surface area (Å²) in [5.41, 5.74) is -0.144. The van der Waals surface area contributed by atoms with Crippen LogP contribution in [0.4, 0.5) is 17.6 Å². The normalized spacial score (nSPS) is 11.1. The largest absolute Gasteiger partial charge is 0.573 e. The fraction of sp³-hybridized carbons (Fsp3) is 0.400. The molecule has 0 aliphatic rings. The second-order valence-electron chi connectivity index (χ2n) is 3.20. The Morgan fingerprint density at radius 2 is 2.12 bits per heavy atom. The second-order valence-corrected chi connectivity index (χ2v) is 3.20. The van der Waals surface area contributed by atoms with E-state index in [0.29, 0.717) is 0 Å². The zero-order valence-electron chi connectivity index (χ0n) is 8.81. The number of nitrogens with zero attached hydrogens (tertiary/aromatic N) is 2. The van der Waals surface area contributed by atoms with Gasteiger partial charge in [0.1, 0.15) is 6.67 Å². The quantitative estimate of drug-likeness (QED) is 0.772. The van der Waals surface area contributed by atoms with Gasteiger partial charge in [0, 0.05) is 5.56 Å². The van der Waals surface area contributed by atoms with Crippen molar-refractivity contribution in [2.75, 3.05) is 0 Å². The van der Waals surface area contributed by atoms with Gasteiger partial charge in [0.05, 0.1) is 23.9 Å². The molecule has 0 saturated carbocycles. The molecule has 0 aromatic carbocycles. The smallest absolute Gasteiger partial charge is 0.403 e. The number of nitriles is 1. The molecule has 3 nitrogen and oxygen atoms in total. The van der Waals surface area contributed by atoms with Gasteiger partial charge in [-0.05, 0) is 13.0 Å². The molecule has 0 bridgehead atoms. The van der Waals surface area contributed by atoms with Crippen molar-refractivity contribution in [2.24, 2.45) is 0 Å². The molecule has 1 rings (SSSR count). The van der Waals surface area contributed by atoms with E-state index in [1.807, 2.05) is 0 Å². The maximum atomic E-state index is 12.6. The number of hydrogen-bond donors (Lipinski definition) is 0. The van der Waals surface area contributed by atoms with E-state index in [0.717, 1.165) is 6.07 Å². The zero-order valence-corrected chi connectivity index (χ0v) is 8.81. The van der Waals surface area contributed by atoms with Crippen LogP contribution in [0.2, 0.25) is 0 Å². The summed E-state index contributed by atoms with van der Waals surface area (Å²) in [6.07, 6.45) is -4.99. The molecule has 0 atom stereocenters. The monoisotopic (exact) mass is 248 g/mol. The summed E-state index contributed by atoms with van der Waals surface area (Å²) in [5, 5.41) is 8.43. The van der Waals surface area contributed by atoms with Gasteiger partial charge in [0.2, 0.25) is 0 Å². The van der Waals surface area contributed by atoms with Crippen molar-refractivity contribution >= 4 is 0 Å². The number of halogens is 4. The molecule has 0 spiro atoms. The Labute approximate surface area is 94.6 Å². The van der Waals surface area contributed by atoms with Crippen LogP contribution in [0.25, 0.3) is 0 Å². The van der Waals surface area contributed by atoms with Gasteiger partial charge < -0.3 is 4.74 Å². The molecule has 1 heterocycles. The Bertz CT molecular complexity index is 451. The summed E-state index contributed by atoms with van der Waals surface area (Å²) in [6.45, 7) is 0.147. The molecular formula is C10H8F4N2O. The van der Waals surface area contributed by atoms with Gasteiger partial charge in [0.15, 0.2) is 5.75 Å². The second kappa shape index (κ2) is 4.99. The third-order valence-corrected chi connectivity index (χ3v) is 1.89. The Kier molecular flexibility index (Phi) is 3.89. The zero-order chi connectivity index (χ0) is 13.1. The van der Waals surface area contributed by atoms with Crippen LogP contribution in [0.1, 0.15) is 17.0 Å². The molecule has 92 valence electrons. The molecule has 17 heavy (non-hydrogen) atoms. The summed E-state index contributed by atoms with van der Waals surface area (Å²) >= 11 is 0. The first-order valence-electron chi connectivity index (χ1n) is 4.55. The van der Waals surface area contributed by atoms with Crippen molar-refractivity contribution in [3.05, 3.63) is 23.0 Å². The Morgan fingerprint density at radius 1 is 1.47 bits per heavy atom. The number of alkyl halides is 4. The summed E-state index contributed by atoms with van der Waals surface area (Å²) < 4.78 is 52.5. The van der Waals surface area contributed by atoms with Crippen LogP contribution in [-0.4, -0.2) is 11.3 Å². The average Bonchev–Trinajstić information content (AvgIpc) is 2.20. The van der Waals surface area contributed by atoms with Crippen LogP contribution in [-0.2, 0) is 13.1 Å². The number of aromatic nitrogens is 1. The standard InChI is InChI=1S/C10H8F4N2O/c1-6-9(17-10(12,13)14)7(5-11)4-8(16-6)2-3-15/h4H,2,5H2,1H3.